The Labute approximate surface area is 407 Å². The lowest BCUT2D eigenvalue weighted by Gasteiger charge is -2.28. The fraction of sp³-hybridized carbons (Fsp3) is 0.522. The van der Waals surface area contributed by atoms with Gasteiger partial charge in [-0.3, -0.25) is 43.5 Å². The van der Waals surface area contributed by atoms with Crippen molar-refractivity contribution in [1.29, 1.82) is 0 Å². The molecule has 0 aliphatic rings. The predicted octanol–water partition coefficient (Wildman–Crippen LogP) is -2.55. The molecule has 24 heteroatoms. The van der Waals surface area contributed by atoms with Gasteiger partial charge in [-0.05, 0) is 73.6 Å². The average Bonchev–Trinajstić information content (AvgIpc) is 3.30. The van der Waals surface area contributed by atoms with Crippen LogP contribution < -0.4 is 65.9 Å². The highest BCUT2D eigenvalue weighted by atomic mass is 16.4. The lowest BCUT2D eigenvalue weighted by Crippen LogP contribution is -2.59. The van der Waals surface area contributed by atoms with Crippen LogP contribution in [0.15, 0.2) is 64.6 Å². The molecule has 0 fully saturated rings. The van der Waals surface area contributed by atoms with Crippen LogP contribution in [0, 0.1) is 11.8 Å². The fourth-order valence-corrected chi connectivity index (χ4v) is 6.82. The number of aliphatic imine (C=N–C) groups is 2. The largest absolute Gasteiger partial charge is 0.508 e. The number of benzene rings is 2. The smallest absolute Gasteiger partial charge is 0.326 e. The third-order valence-corrected chi connectivity index (χ3v) is 10.8. The van der Waals surface area contributed by atoms with Crippen molar-refractivity contribution in [3.8, 4) is 5.75 Å². The highest BCUT2D eigenvalue weighted by molar-refractivity contribution is 5.97. The first kappa shape index (κ1) is 58.6. The summed E-state index contributed by atoms with van der Waals surface area (Å²) < 4.78 is 0. The number of carboxylic acids is 1. The Kier molecular flexibility index (Phi) is 25.8. The van der Waals surface area contributed by atoms with E-state index in [0.717, 1.165) is 0 Å². The number of carboxylic acid groups (broad SMARTS) is 1. The number of rotatable bonds is 31. The molecule has 7 atom stereocenters. The summed E-state index contributed by atoms with van der Waals surface area (Å²) in [6.07, 6.45) is 0.930. The number of hydrogen-bond donors (Lipinski definition) is 14. The van der Waals surface area contributed by atoms with Crippen LogP contribution in [0.3, 0.4) is 0 Å². The Balaban J connectivity index is 2.29. The number of aromatic hydroxyl groups is 1. The summed E-state index contributed by atoms with van der Waals surface area (Å²) in [5, 5.41) is 37.3. The predicted molar refractivity (Wildman–Crippen MR) is 262 cm³/mol. The molecule has 2 aromatic carbocycles. The molecule has 24 nitrogen and oxygen atoms in total. The number of nitrogens with two attached hydrogens (primary N) is 5. The molecule has 7 amide bonds. The highest BCUT2D eigenvalue weighted by Crippen LogP contribution is 2.13. The van der Waals surface area contributed by atoms with Crippen LogP contribution in [-0.4, -0.2) is 132 Å². The van der Waals surface area contributed by atoms with Gasteiger partial charge in [-0.15, -0.1) is 0 Å². The second-order valence-corrected chi connectivity index (χ2v) is 17.2. The topological polar surface area (TPSA) is 416 Å². The van der Waals surface area contributed by atoms with Gasteiger partial charge in [-0.1, -0.05) is 76.6 Å². The van der Waals surface area contributed by atoms with Crippen molar-refractivity contribution < 1.29 is 48.6 Å². The number of phenolic OH excluding ortho intramolecular Hbond substituents is 1. The molecule has 0 heterocycles. The fourth-order valence-electron chi connectivity index (χ4n) is 6.82. The molecule has 0 spiro atoms. The van der Waals surface area contributed by atoms with Crippen molar-refractivity contribution in [3.05, 3.63) is 65.7 Å². The molecule has 0 saturated carbocycles. The highest BCUT2D eigenvalue weighted by Gasteiger charge is 2.34. The number of hydrogen-bond acceptors (Lipinski definition) is 12. The zero-order chi connectivity index (χ0) is 52.3. The molecule has 386 valence electrons. The summed E-state index contributed by atoms with van der Waals surface area (Å²) in [4.78, 5) is 114. The van der Waals surface area contributed by atoms with E-state index in [-0.39, 0.29) is 81.6 Å². The van der Waals surface area contributed by atoms with E-state index >= 15 is 0 Å². The molecule has 0 saturated heterocycles. The van der Waals surface area contributed by atoms with E-state index in [1.165, 1.54) is 12.1 Å². The van der Waals surface area contributed by atoms with Gasteiger partial charge in [0.1, 0.15) is 36.0 Å². The average molecular weight is 981 g/mol. The Morgan fingerprint density at radius 1 is 0.586 bits per heavy atom. The first-order valence-electron chi connectivity index (χ1n) is 23.1. The zero-order valence-electron chi connectivity index (χ0n) is 40.2. The van der Waals surface area contributed by atoms with E-state index in [4.69, 9.17) is 28.7 Å². The standard InChI is InChI=1S/C46H72N14O10/c1-5-27(4)38(44(69)70)60-41(66)33(14-10-20-53-46(50)51)57-40(65)32(13-9-19-52-45(48)49)58-42(67)34(21-26(2)3)59-43(68)35(23-28-11-7-6-8-12-28)56-37(63)25-54-36(62)24-55-39(64)31(47)22-29-15-17-30(61)18-16-29/h6-8,11-12,15-18,26-27,31-35,38,61H,5,9-10,13-14,19-25,47H2,1-4H3,(H,54,62)(H,55,64)(H,56,63)(H,57,65)(H,58,67)(H,59,68)(H,60,66)(H,69,70)(H4,48,49,52)(H4,50,51,53). The van der Waals surface area contributed by atoms with Crippen LogP contribution in [0.1, 0.15) is 77.3 Å². The molecule has 0 bridgehead atoms. The number of amides is 7. The molecule has 0 aromatic heterocycles. The van der Waals surface area contributed by atoms with E-state index < -0.39 is 103 Å². The van der Waals surface area contributed by atoms with Crippen molar-refractivity contribution >= 4 is 59.2 Å². The molecule has 19 N–H and O–H groups in total. The molecule has 0 aliphatic carbocycles. The summed E-state index contributed by atoms with van der Waals surface area (Å²) in [5.41, 5.74) is 29.2. The number of guanidine groups is 2. The van der Waals surface area contributed by atoms with Gasteiger partial charge < -0.3 is 76.1 Å². The van der Waals surface area contributed by atoms with E-state index in [9.17, 15) is 48.6 Å². The number of phenols is 1. The van der Waals surface area contributed by atoms with Crippen LogP contribution in [0.4, 0.5) is 0 Å². The quantitative estimate of drug-likeness (QED) is 0.0210. The van der Waals surface area contributed by atoms with E-state index in [1.807, 2.05) is 0 Å². The maximum atomic E-state index is 14.2. The number of aliphatic carboxylic acids is 1. The molecule has 0 aliphatic heterocycles. The molecular weight excluding hydrogens is 909 g/mol. The minimum atomic E-state index is -1.32. The Bertz CT molecular complexity index is 2100. The molecule has 2 rings (SSSR count). The van der Waals surface area contributed by atoms with Gasteiger partial charge in [0.2, 0.25) is 41.4 Å². The van der Waals surface area contributed by atoms with Crippen LogP contribution in [0.25, 0.3) is 0 Å². The Morgan fingerprint density at radius 3 is 1.59 bits per heavy atom. The first-order chi connectivity index (χ1) is 33.1. The second kappa shape index (κ2) is 30.8. The van der Waals surface area contributed by atoms with Gasteiger partial charge in [0.05, 0.1) is 19.1 Å². The summed E-state index contributed by atoms with van der Waals surface area (Å²) >= 11 is 0. The SMILES string of the molecule is CCC(C)C(NC(=O)C(CCCN=C(N)N)NC(=O)C(CCCN=C(N)N)NC(=O)C(CC(C)C)NC(=O)C(Cc1ccccc1)NC(=O)CNC(=O)CNC(=O)C(N)Cc1ccc(O)cc1)C(=O)O. The summed E-state index contributed by atoms with van der Waals surface area (Å²) in [5.74, 6) is -7.50. The lowest BCUT2D eigenvalue weighted by molar-refractivity contribution is -0.144. The van der Waals surface area contributed by atoms with Crippen LogP contribution in [0.5, 0.6) is 5.75 Å². The summed E-state index contributed by atoms with van der Waals surface area (Å²) in [6.45, 7) is 6.11. The number of nitrogens with one attached hydrogen (secondary N) is 7. The lowest BCUT2D eigenvalue weighted by atomic mass is 9.98. The molecule has 2 aromatic rings. The summed E-state index contributed by atoms with van der Waals surface area (Å²) in [7, 11) is 0. The van der Waals surface area contributed by atoms with E-state index in [1.54, 1.807) is 70.2 Å². The maximum absolute atomic E-state index is 14.2. The minimum absolute atomic E-state index is 0.0195. The van der Waals surface area contributed by atoms with Crippen molar-refractivity contribution in [1.82, 2.24) is 37.2 Å². The molecular formula is C46H72N14O10. The third kappa shape index (κ3) is 23.0. The normalized spacial score (nSPS) is 13.9. The van der Waals surface area contributed by atoms with Gasteiger partial charge in [-0.25, -0.2) is 4.79 Å². The monoisotopic (exact) mass is 981 g/mol. The van der Waals surface area contributed by atoms with Crippen molar-refractivity contribution in [2.75, 3.05) is 26.2 Å². The van der Waals surface area contributed by atoms with Gasteiger partial charge in [-0.2, -0.15) is 0 Å². The number of carbonyl (C=O) groups excluding carboxylic acids is 7. The van der Waals surface area contributed by atoms with E-state index in [0.29, 0.717) is 17.5 Å². The molecule has 7 unspecified atom stereocenters. The van der Waals surface area contributed by atoms with Crippen molar-refractivity contribution in [3.63, 3.8) is 0 Å². The first-order valence-corrected chi connectivity index (χ1v) is 23.1. The van der Waals surface area contributed by atoms with Crippen LogP contribution in [-0.2, 0) is 51.2 Å². The second-order valence-electron chi connectivity index (χ2n) is 17.2. The van der Waals surface area contributed by atoms with Crippen LogP contribution in [0.2, 0.25) is 0 Å². The Morgan fingerprint density at radius 2 is 1.07 bits per heavy atom. The summed E-state index contributed by atoms with van der Waals surface area (Å²) in [6, 6.07) is 7.40. The maximum Gasteiger partial charge on any atom is 0.326 e. The van der Waals surface area contributed by atoms with Gasteiger partial charge in [0.15, 0.2) is 11.9 Å². The molecule has 70 heavy (non-hydrogen) atoms. The zero-order valence-corrected chi connectivity index (χ0v) is 40.2. The van der Waals surface area contributed by atoms with Gasteiger partial charge in [0.25, 0.3) is 0 Å². The molecule has 0 radical (unpaired) electrons. The van der Waals surface area contributed by atoms with Gasteiger partial charge >= 0.3 is 5.97 Å². The number of nitrogens with zero attached hydrogens (tertiary/aromatic N) is 2. The van der Waals surface area contributed by atoms with Crippen LogP contribution >= 0.6 is 0 Å². The Hall–Kier alpha value is -7.50. The van der Waals surface area contributed by atoms with Crippen molar-refractivity contribution in [2.45, 2.75) is 115 Å². The van der Waals surface area contributed by atoms with Crippen molar-refractivity contribution in [2.24, 2.45) is 50.5 Å². The minimum Gasteiger partial charge on any atom is -0.508 e. The van der Waals surface area contributed by atoms with Gasteiger partial charge in [0, 0.05) is 19.5 Å². The third-order valence-electron chi connectivity index (χ3n) is 10.8. The van der Waals surface area contributed by atoms with E-state index in [2.05, 4.69) is 47.2 Å². The number of carbonyl (C=O) groups is 8.